The number of sulfonamides is 1. The Morgan fingerprint density at radius 3 is 2.48 bits per heavy atom. The highest BCUT2D eigenvalue weighted by Gasteiger charge is 2.30. The number of carbonyl (C=O) groups is 1. The molecule has 1 aliphatic rings. The second kappa shape index (κ2) is 9.23. The van der Waals surface area contributed by atoms with Gasteiger partial charge in [0, 0.05) is 23.0 Å². The Labute approximate surface area is 173 Å². The highest BCUT2D eigenvalue weighted by atomic mass is 32.2. The van der Waals surface area contributed by atoms with Crippen LogP contribution in [0.25, 0.3) is 0 Å². The van der Waals surface area contributed by atoms with Gasteiger partial charge in [-0.2, -0.15) is 13.1 Å². The van der Waals surface area contributed by atoms with Gasteiger partial charge in [-0.05, 0) is 56.2 Å². The van der Waals surface area contributed by atoms with Gasteiger partial charge >= 0.3 is 0 Å². The lowest BCUT2D eigenvalue weighted by Crippen LogP contribution is -2.41. The lowest BCUT2D eigenvalue weighted by atomic mass is 10.1. The molecule has 2 aromatic carbocycles. The van der Waals surface area contributed by atoms with Crippen LogP contribution >= 0.6 is 11.8 Å². The zero-order valence-electron chi connectivity index (χ0n) is 15.8. The number of hydrogen-bond acceptors (Lipinski definition) is 4. The first kappa shape index (κ1) is 21.7. The van der Waals surface area contributed by atoms with Crippen LogP contribution in [-0.2, 0) is 10.0 Å². The molecule has 1 atom stereocenters. The molecule has 1 N–H and O–H groups in total. The first-order chi connectivity index (χ1) is 13.8. The molecule has 1 heterocycles. The number of halogens is 2. The third kappa shape index (κ3) is 5.15. The number of amides is 1. The molecular formula is C20H22F2N2O3S2. The van der Waals surface area contributed by atoms with Gasteiger partial charge < -0.3 is 5.32 Å². The number of thioether (sulfide) groups is 1. The zero-order valence-corrected chi connectivity index (χ0v) is 17.5. The maximum absolute atomic E-state index is 12.9. The number of nitrogens with zero attached hydrogens (tertiary/aromatic N) is 1. The molecule has 156 valence electrons. The predicted molar refractivity (Wildman–Crippen MR) is 110 cm³/mol. The number of carbonyl (C=O) groups excluding carboxylic acids is 1. The molecule has 0 saturated carbocycles. The fourth-order valence-corrected chi connectivity index (χ4v) is 5.60. The number of anilines is 1. The van der Waals surface area contributed by atoms with Crippen LogP contribution in [0.1, 0.15) is 36.5 Å². The molecule has 0 aliphatic carbocycles. The summed E-state index contributed by atoms with van der Waals surface area (Å²) in [6.07, 6.45) is 2.67. The van der Waals surface area contributed by atoms with E-state index in [0.717, 1.165) is 19.3 Å². The Morgan fingerprint density at radius 1 is 1.14 bits per heavy atom. The van der Waals surface area contributed by atoms with Gasteiger partial charge in [-0.25, -0.2) is 8.42 Å². The number of hydrogen-bond donors (Lipinski definition) is 1. The molecule has 0 radical (unpaired) electrons. The minimum Gasteiger partial charge on any atom is -0.321 e. The molecule has 2 aromatic rings. The van der Waals surface area contributed by atoms with Gasteiger partial charge in [0.15, 0.2) is 0 Å². The zero-order chi connectivity index (χ0) is 21.0. The van der Waals surface area contributed by atoms with Crippen molar-refractivity contribution in [1.82, 2.24) is 4.31 Å². The summed E-state index contributed by atoms with van der Waals surface area (Å²) in [4.78, 5) is 12.9. The second-order valence-electron chi connectivity index (χ2n) is 6.81. The largest absolute Gasteiger partial charge is 0.321 e. The van der Waals surface area contributed by atoms with Crippen molar-refractivity contribution in [3.05, 3.63) is 54.1 Å². The van der Waals surface area contributed by atoms with Crippen LogP contribution in [0.5, 0.6) is 0 Å². The lowest BCUT2D eigenvalue weighted by Gasteiger charge is -2.32. The molecule has 0 bridgehead atoms. The Morgan fingerprint density at radius 2 is 1.83 bits per heavy atom. The number of alkyl halides is 2. The van der Waals surface area contributed by atoms with Crippen LogP contribution < -0.4 is 5.32 Å². The average Bonchev–Trinajstić information content (AvgIpc) is 2.69. The van der Waals surface area contributed by atoms with Crippen molar-refractivity contribution in [1.29, 1.82) is 0 Å². The summed E-state index contributed by atoms with van der Waals surface area (Å²) in [6, 6.07) is 11.9. The van der Waals surface area contributed by atoms with E-state index in [1.54, 1.807) is 18.2 Å². The summed E-state index contributed by atoms with van der Waals surface area (Å²) < 4.78 is 52.6. The molecule has 1 fully saturated rings. The summed E-state index contributed by atoms with van der Waals surface area (Å²) in [6.45, 7) is 2.39. The van der Waals surface area contributed by atoms with E-state index in [-0.39, 0.29) is 27.1 Å². The van der Waals surface area contributed by atoms with Gasteiger partial charge in [0.2, 0.25) is 10.0 Å². The fraction of sp³-hybridized carbons (Fsp3) is 0.350. The van der Waals surface area contributed by atoms with Crippen LogP contribution in [0, 0.1) is 0 Å². The lowest BCUT2D eigenvalue weighted by molar-refractivity contribution is 0.102. The van der Waals surface area contributed by atoms with Crippen LogP contribution in [0.2, 0.25) is 0 Å². The SMILES string of the molecule is CC1CCCCN1S(=O)(=O)c1ccc(C(=O)Nc2ccccc2SC(F)F)cc1. The van der Waals surface area contributed by atoms with Crippen LogP contribution in [0.4, 0.5) is 14.5 Å². The first-order valence-corrected chi connectivity index (χ1v) is 11.6. The smallest absolute Gasteiger partial charge is 0.288 e. The second-order valence-corrected chi connectivity index (χ2v) is 9.74. The van der Waals surface area contributed by atoms with Crippen molar-refractivity contribution >= 4 is 33.4 Å². The van der Waals surface area contributed by atoms with Gasteiger partial charge in [0.1, 0.15) is 0 Å². The Hall–Kier alpha value is -1.97. The minimum absolute atomic E-state index is 0.0550. The predicted octanol–water partition coefficient (Wildman–Crippen LogP) is 4.82. The Kier molecular flexibility index (Phi) is 6.92. The maximum atomic E-state index is 12.9. The van der Waals surface area contributed by atoms with E-state index in [1.165, 1.54) is 34.6 Å². The van der Waals surface area contributed by atoms with Crippen molar-refractivity contribution in [2.75, 3.05) is 11.9 Å². The van der Waals surface area contributed by atoms with Crippen LogP contribution in [-0.4, -0.2) is 37.0 Å². The van der Waals surface area contributed by atoms with E-state index < -0.39 is 21.7 Å². The summed E-state index contributed by atoms with van der Waals surface area (Å²) in [5.41, 5.74) is 0.522. The molecule has 0 aromatic heterocycles. The van der Waals surface area contributed by atoms with Crippen molar-refractivity contribution in [2.24, 2.45) is 0 Å². The van der Waals surface area contributed by atoms with E-state index >= 15 is 0 Å². The molecule has 0 spiro atoms. The van der Waals surface area contributed by atoms with Gasteiger partial charge in [0.05, 0.1) is 10.6 Å². The molecule has 1 amide bonds. The Balaban J connectivity index is 1.76. The highest BCUT2D eigenvalue weighted by molar-refractivity contribution is 7.99. The van der Waals surface area contributed by atoms with Crippen molar-refractivity contribution in [3.8, 4) is 0 Å². The minimum atomic E-state index is -3.62. The summed E-state index contributed by atoms with van der Waals surface area (Å²) >= 11 is 0.351. The van der Waals surface area contributed by atoms with Crippen molar-refractivity contribution in [2.45, 2.75) is 47.8 Å². The number of rotatable bonds is 6. The van der Waals surface area contributed by atoms with Gasteiger partial charge in [-0.15, -0.1) is 0 Å². The van der Waals surface area contributed by atoms with E-state index in [9.17, 15) is 22.0 Å². The summed E-state index contributed by atoms with van der Waals surface area (Å²) in [5.74, 6) is -3.10. The van der Waals surface area contributed by atoms with Crippen molar-refractivity contribution < 1.29 is 22.0 Å². The summed E-state index contributed by atoms with van der Waals surface area (Å²) in [5, 5.41) is 2.61. The summed E-state index contributed by atoms with van der Waals surface area (Å²) in [7, 11) is -3.62. The molecule has 9 heteroatoms. The standard InChI is InChI=1S/C20H22F2N2O3S2/c1-14-6-4-5-13-24(14)29(26,27)16-11-9-15(10-12-16)19(25)23-17-7-2-3-8-18(17)28-20(21)22/h2-3,7-12,14,20H,4-6,13H2,1H3,(H,23,25). The number of nitrogens with one attached hydrogen (secondary N) is 1. The molecule has 1 saturated heterocycles. The van der Waals surface area contributed by atoms with Crippen LogP contribution in [0.15, 0.2) is 58.3 Å². The highest BCUT2D eigenvalue weighted by Crippen LogP contribution is 2.32. The van der Waals surface area contributed by atoms with E-state index in [4.69, 9.17) is 0 Å². The quantitative estimate of drug-likeness (QED) is 0.654. The van der Waals surface area contributed by atoms with E-state index in [0.29, 0.717) is 18.3 Å². The fourth-order valence-electron chi connectivity index (χ4n) is 3.31. The van der Waals surface area contributed by atoms with E-state index in [1.807, 2.05) is 6.92 Å². The van der Waals surface area contributed by atoms with Gasteiger partial charge in [-0.1, -0.05) is 30.3 Å². The molecule has 1 aliphatic heterocycles. The maximum Gasteiger partial charge on any atom is 0.288 e. The average molecular weight is 441 g/mol. The molecular weight excluding hydrogens is 418 g/mol. The van der Waals surface area contributed by atoms with Gasteiger partial charge in [0.25, 0.3) is 11.7 Å². The third-order valence-corrected chi connectivity index (χ3v) is 7.63. The molecule has 3 rings (SSSR count). The van der Waals surface area contributed by atoms with Gasteiger partial charge in [-0.3, -0.25) is 4.79 Å². The molecule has 5 nitrogen and oxygen atoms in total. The molecule has 29 heavy (non-hydrogen) atoms. The Bertz CT molecular complexity index is 966. The third-order valence-electron chi connectivity index (χ3n) is 4.82. The number of benzene rings is 2. The first-order valence-electron chi connectivity index (χ1n) is 9.26. The monoisotopic (exact) mass is 440 g/mol. The molecule has 1 unspecified atom stereocenters. The number of para-hydroxylation sites is 1. The number of piperidine rings is 1. The van der Waals surface area contributed by atoms with E-state index in [2.05, 4.69) is 5.32 Å². The topological polar surface area (TPSA) is 66.5 Å². The van der Waals surface area contributed by atoms with Crippen LogP contribution in [0.3, 0.4) is 0 Å². The normalized spacial score (nSPS) is 18.0. The van der Waals surface area contributed by atoms with Crippen molar-refractivity contribution in [3.63, 3.8) is 0 Å².